The van der Waals surface area contributed by atoms with Crippen molar-refractivity contribution in [3.05, 3.63) is 34.9 Å². The molecule has 0 spiro atoms. The predicted octanol–water partition coefficient (Wildman–Crippen LogP) is 2.99. The first kappa shape index (κ1) is 16.8. The highest BCUT2D eigenvalue weighted by Gasteiger charge is 2.08. The van der Waals surface area contributed by atoms with E-state index in [0.29, 0.717) is 17.9 Å². The highest BCUT2D eigenvalue weighted by atomic mass is 32.2. The quantitative estimate of drug-likeness (QED) is 0.870. The Hall–Kier alpha value is -1.27. The van der Waals surface area contributed by atoms with Gasteiger partial charge in [-0.2, -0.15) is 0 Å². The van der Waals surface area contributed by atoms with E-state index >= 15 is 0 Å². The van der Waals surface area contributed by atoms with Crippen LogP contribution in [0.15, 0.2) is 18.2 Å². The number of carbonyl (C=O) groups excluding carboxylic acids is 2. The minimum atomic E-state index is -0.986. The van der Waals surface area contributed by atoms with E-state index in [1.165, 1.54) is 25.6 Å². The van der Waals surface area contributed by atoms with E-state index < -0.39 is 5.97 Å². The summed E-state index contributed by atoms with van der Waals surface area (Å²) in [6.07, 6.45) is 0.628. The minimum absolute atomic E-state index is 0.000543. The summed E-state index contributed by atoms with van der Waals surface area (Å²) in [5.74, 6) is 0.0984. The van der Waals surface area contributed by atoms with Crippen LogP contribution in [0.1, 0.15) is 35.3 Å². The molecule has 0 saturated carbocycles. The fourth-order valence-corrected chi connectivity index (χ4v) is 2.77. The Bertz CT molecular complexity index is 526. The first-order valence-corrected chi connectivity index (χ1v) is 7.98. The number of carbonyl (C=O) groups is 3. The van der Waals surface area contributed by atoms with Gasteiger partial charge in [0.05, 0.1) is 5.56 Å². The molecule has 4 nitrogen and oxygen atoms in total. The normalized spacial score (nSPS) is 10.3. The van der Waals surface area contributed by atoms with Gasteiger partial charge < -0.3 is 5.11 Å². The molecule has 0 fully saturated rings. The summed E-state index contributed by atoms with van der Waals surface area (Å²) in [5, 5.41) is 9.14. The topological polar surface area (TPSA) is 71.4 Å². The standard InChI is InChI=1S/C14H16O4S2/c1-9(15)19-4-3-11-5-12(8-20-10(2)16)7-13(6-11)14(17)18/h5-7H,3-4,8H2,1-2H3,(H,17,18). The Morgan fingerprint density at radius 2 is 1.60 bits per heavy atom. The van der Waals surface area contributed by atoms with Crippen molar-refractivity contribution in [3.63, 3.8) is 0 Å². The molecule has 0 radical (unpaired) electrons. The third-order valence-corrected chi connectivity index (χ3v) is 4.14. The van der Waals surface area contributed by atoms with Crippen LogP contribution >= 0.6 is 23.5 Å². The van der Waals surface area contributed by atoms with Gasteiger partial charge in [-0.05, 0) is 29.7 Å². The summed E-state index contributed by atoms with van der Waals surface area (Å²) in [7, 11) is 0. The molecule has 6 heteroatoms. The van der Waals surface area contributed by atoms with E-state index in [4.69, 9.17) is 5.11 Å². The van der Waals surface area contributed by atoms with Crippen molar-refractivity contribution in [2.75, 3.05) is 5.75 Å². The lowest BCUT2D eigenvalue weighted by Gasteiger charge is -2.07. The van der Waals surface area contributed by atoms with Gasteiger partial charge >= 0.3 is 5.97 Å². The Balaban J connectivity index is 2.83. The third-order valence-electron chi connectivity index (χ3n) is 2.44. The van der Waals surface area contributed by atoms with Crippen molar-refractivity contribution in [3.8, 4) is 0 Å². The molecule has 0 bridgehead atoms. The number of hydrogen-bond donors (Lipinski definition) is 1. The molecule has 0 aliphatic heterocycles. The van der Waals surface area contributed by atoms with E-state index in [9.17, 15) is 14.4 Å². The van der Waals surface area contributed by atoms with Crippen LogP contribution in [0.2, 0.25) is 0 Å². The van der Waals surface area contributed by atoms with Crippen molar-refractivity contribution in [1.82, 2.24) is 0 Å². The van der Waals surface area contributed by atoms with E-state index in [2.05, 4.69) is 0 Å². The number of thioether (sulfide) groups is 2. The van der Waals surface area contributed by atoms with Gasteiger partial charge in [-0.25, -0.2) is 4.79 Å². The lowest BCUT2D eigenvalue weighted by Crippen LogP contribution is -2.01. The zero-order valence-electron chi connectivity index (χ0n) is 11.3. The van der Waals surface area contributed by atoms with Crippen molar-refractivity contribution < 1.29 is 19.5 Å². The van der Waals surface area contributed by atoms with E-state index in [0.717, 1.165) is 22.9 Å². The average molecular weight is 312 g/mol. The predicted molar refractivity (Wildman–Crippen MR) is 82.2 cm³/mol. The van der Waals surface area contributed by atoms with Gasteiger partial charge in [0, 0.05) is 25.4 Å². The second-order valence-electron chi connectivity index (χ2n) is 4.21. The van der Waals surface area contributed by atoms with E-state index in [-0.39, 0.29) is 15.8 Å². The van der Waals surface area contributed by atoms with Gasteiger partial charge in [0.15, 0.2) is 10.2 Å². The maximum atomic E-state index is 11.1. The number of hydrogen-bond acceptors (Lipinski definition) is 5. The first-order valence-electron chi connectivity index (χ1n) is 6.01. The molecule has 0 saturated heterocycles. The van der Waals surface area contributed by atoms with E-state index in [1.54, 1.807) is 12.1 Å². The van der Waals surface area contributed by atoms with Gasteiger partial charge in [0.25, 0.3) is 0 Å². The number of benzene rings is 1. The zero-order valence-corrected chi connectivity index (χ0v) is 13.0. The van der Waals surface area contributed by atoms with Crippen LogP contribution in [0.5, 0.6) is 0 Å². The molecule has 0 atom stereocenters. The molecule has 0 aromatic heterocycles. The smallest absolute Gasteiger partial charge is 0.335 e. The van der Waals surface area contributed by atoms with Crippen LogP contribution in [0.25, 0.3) is 0 Å². The number of carboxylic acids is 1. The molecular weight excluding hydrogens is 296 g/mol. The maximum absolute atomic E-state index is 11.1. The average Bonchev–Trinajstić information content (AvgIpc) is 2.35. The highest BCUT2D eigenvalue weighted by molar-refractivity contribution is 8.13. The summed E-state index contributed by atoms with van der Waals surface area (Å²) in [6.45, 7) is 2.99. The molecule has 1 N–H and O–H groups in total. The van der Waals surface area contributed by atoms with Gasteiger partial charge in [0.2, 0.25) is 0 Å². The third kappa shape index (κ3) is 6.25. The van der Waals surface area contributed by atoms with Gasteiger partial charge in [-0.3, -0.25) is 9.59 Å². The van der Waals surface area contributed by atoms with Crippen molar-refractivity contribution >= 4 is 39.7 Å². The van der Waals surface area contributed by atoms with Crippen molar-refractivity contribution in [1.29, 1.82) is 0 Å². The van der Waals surface area contributed by atoms with Crippen LogP contribution in [0.3, 0.4) is 0 Å². The van der Waals surface area contributed by atoms with Crippen LogP contribution in [-0.4, -0.2) is 27.1 Å². The van der Waals surface area contributed by atoms with Gasteiger partial charge in [-0.1, -0.05) is 29.6 Å². The Kier molecular flexibility index (Phi) is 6.81. The SMILES string of the molecule is CC(=O)SCCc1cc(CSC(C)=O)cc(C(=O)O)c1. The lowest BCUT2D eigenvalue weighted by atomic mass is 10.0. The molecule has 0 heterocycles. The second kappa shape index (κ2) is 8.11. The van der Waals surface area contributed by atoms with Gasteiger partial charge in [0.1, 0.15) is 0 Å². The second-order valence-corrected chi connectivity index (χ2v) is 6.64. The first-order chi connectivity index (χ1) is 9.38. The lowest BCUT2D eigenvalue weighted by molar-refractivity contribution is -0.109. The molecule has 1 aromatic carbocycles. The van der Waals surface area contributed by atoms with Crippen molar-refractivity contribution in [2.45, 2.75) is 26.0 Å². The fourth-order valence-electron chi connectivity index (χ4n) is 1.61. The maximum Gasteiger partial charge on any atom is 0.335 e. The summed E-state index contributed by atoms with van der Waals surface area (Å²) < 4.78 is 0. The molecule has 1 rings (SSSR count). The molecule has 0 aliphatic rings. The zero-order chi connectivity index (χ0) is 15.1. The molecular formula is C14H16O4S2. The summed E-state index contributed by atoms with van der Waals surface area (Å²) in [6, 6.07) is 5.09. The Morgan fingerprint density at radius 3 is 2.15 bits per heavy atom. The van der Waals surface area contributed by atoms with Gasteiger partial charge in [-0.15, -0.1) is 0 Å². The van der Waals surface area contributed by atoms with Crippen LogP contribution in [-0.2, 0) is 21.8 Å². The molecule has 0 aliphatic carbocycles. The van der Waals surface area contributed by atoms with Crippen molar-refractivity contribution in [2.24, 2.45) is 0 Å². The number of aromatic carboxylic acids is 1. The van der Waals surface area contributed by atoms with Crippen LogP contribution in [0.4, 0.5) is 0 Å². The largest absolute Gasteiger partial charge is 0.478 e. The number of rotatable bonds is 6. The Labute approximate surface area is 126 Å². The summed E-state index contributed by atoms with van der Waals surface area (Å²) in [4.78, 5) is 32.9. The Morgan fingerprint density at radius 1 is 1.00 bits per heavy atom. The molecule has 108 valence electrons. The highest BCUT2D eigenvalue weighted by Crippen LogP contribution is 2.18. The molecule has 1 aromatic rings. The fraction of sp³-hybridized carbons (Fsp3) is 0.357. The molecule has 0 unspecified atom stereocenters. The van der Waals surface area contributed by atoms with Crippen LogP contribution < -0.4 is 0 Å². The summed E-state index contributed by atoms with van der Waals surface area (Å²) >= 11 is 2.37. The van der Waals surface area contributed by atoms with Crippen LogP contribution in [0, 0.1) is 0 Å². The number of aryl methyl sites for hydroxylation is 1. The minimum Gasteiger partial charge on any atom is -0.478 e. The van der Waals surface area contributed by atoms with E-state index in [1.807, 2.05) is 6.07 Å². The molecule has 0 amide bonds. The molecule has 20 heavy (non-hydrogen) atoms. The summed E-state index contributed by atoms with van der Waals surface area (Å²) in [5.41, 5.74) is 1.90. The number of carboxylic acid groups (broad SMARTS) is 1. The monoisotopic (exact) mass is 312 g/mol.